The Morgan fingerprint density at radius 3 is 2.54 bits per heavy atom. The molecule has 4 heteroatoms. The van der Waals surface area contributed by atoms with E-state index in [1.165, 1.54) is 23.0 Å². The Balaban J connectivity index is 1.60. The highest BCUT2D eigenvalue weighted by atomic mass is 19.1. The molecule has 26 heavy (non-hydrogen) atoms. The molecule has 0 unspecified atom stereocenters. The van der Waals surface area contributed by atoms with Crippen LogP contribution in [0.4, 0.5) is 4.39 Å². The average molecular weight is 354 g/mol. The van der Waals surface area contributed by atoms with E-state index in [0.717, 1.165) is 30.8 Å². The maximum atomic E-state index is 12.9. The summed E-state index contributed by atoms with van der Waals surface area (Å²) in [4.78, 5) is 0. The molecule has 3 aromatic rings. The zero-order valence-electron chi connectivity index (χ0n) is 15.8. The molecule has 0 aliphatic rings. The van der Waals surface area contributed by atoms with Crippen LogP contribution in [-0.2, 0) is 13.0 Å². The van der Waals surface area contributed by atoms with E-state index in [2.05, 4.69) is 55.1 Å². The summed E-state index contributed by atoms with van der Waals surface area (Å²) in [5.74, 6) is 0.658. The smallest absolute Gasteiger partial charge is 0.123 e. The first-order valence-corrected chi connectivity index (χ1v) is 9.12. The molecule has 0 aliphatic heterocycles. The van der Waals surface area contributed by atoms with Crippen LogP contribution in [0.5, 0.6) is 5.75 Å². The van der Waals surface area contributed by atoms with Gasteiger partial charge in [-0.1, -0.05) is 12.1 Å². The van der Waals surface area contributed by atoms with Gasteiger partial charge in [-0.15, -0.1) is 0 Å². The lowest BCUT2D eigenvalue weighted by Gasteiger charge is -2.20. The number of halogens is 1. The van der Waals surface area contributed by atoms with E-state index in [4.69, 9.17) is 4.74 Å². The lowest BCUT2D eigenvalue weighted by atomic mass is 10.1. The Morgan fingerprint density at radius 1 is 1.04 bits per heavy atom. The normalized spacial score (nSPS) is 11.8. The van der Waals surface area contributed by atoms with Gasteiger partial charge in [0.25, 0.3) is 0 Å². The van der Waals surface area contributed by atoms with Crippen molar-refractivity contribution < 1.29 is 9.13 Å². The molecule has 0 atom stereocenters. The third-order valence-corrected chi connectivity index (χ3v) is 4.33. The summed E-state index contributed by atoms with van der Waals surface area (Å²) < 4.78 is 21.1. The second-order valence-corrected chi connectivity index (χ2v) is 7.63. The average Bonchev–Trinajstić information content (AvgIpc) is 2.98. The van der Waals surface area contributed by atoms with Gasteiger partial charge in [0, 0.05) is 37.3 Å². The van der Waals surface area contributed by atoms with Gasteiger partial charge in [0.05, 0.1) is 12.1 Å². The monoisotopic (exact) mass is 354 g/mol. The van der Waals surface area contributed by atoms with Gasteiger partial charge in [0.1, 0.15) is 11.6 Å². The molecular formula is C22H27FN2O. The predicted molar refractivity (Wildman–Crippen MR) is 105 cm³/mol. The third-order valence-electron chi connectivity index (χ3n) is 4.33. The van der Waals surface area contributed by atoms with E-state index < -0.39 is 0 Å². The molecule has 0 saturated carbocycles. The van der Waals surface area contributed by atoms with E-state index in [9.17, 15) is 4.39 Å². The van der Waals surface area contributed by atoms with E-state index in [1.54, 1.807) is 12.1 Å². The molecular weight excluding hydrogens is 327 g/mol. The molecule has 0 bridgehead atoms. The summed E-state index contributed by atoms with van der Waals surface area (Å²) in [7, 11) is 0. The van der Waals surface area contributed by atoms with Crippen molar-refractivity contribution in [1.82, 2.24) is 9.88 Å². The van der Waals surface area contributed by atoms with Gasteiger partial charge >= 0.3 is 0 Å². The number of nitrogens with one attached hydrogen (secondary N) is 1. The van der Waals surface area contributed by atoms with Crippen molar-refractivity contribution >= 4 is 10.9 Å². The molecule has 138 valence electrons. The van der Waals surface area contributed by atoms with Crippen molar-refractivity contribution in [2.24, 2.45) is 0 Å². The van der Waals surface area contributed by atoms with Gasteiger partial charge in [-0.2, -0.15) is 0 Å². The lowest BCUT2D eigenvalue weighted by Crippen LogP contribution is -2.37. The van der Waals surface area contributed by atoms with Gasteiger partial charge in [0.15, 0.2) is 0 Å². The summed E-state index contributed by atoms with van der Waals surface area (Å²) >= 11 is 0. The number of nitrogens with zero attached hydrogens (tertiary/aromatic N) is 1. The molecule has 3 nitrogen and oxygen atoms in total. The van der Waals surface area contributed by atoms with Gasteiger partial charge in [-0.25, -0.2) is 4.39 Å². The first-order chi connectivity index (χ1) is 12.4. The fourth-order valence-corrected chi connectivity index (χ4v) is 2.94. The molecule has 0 saturated heterocycles. The quantitative estimate of drug-likeness (QED) is 0.660. The second kappa shape index (κ2) is 7.92. The topological polar surface area (TPSA) is 26.2 Å². The van der Waals surface area contributed by atoms with Crippen LogP contribution in [-0.4, -0.2) is 23.3 Å². The molecule has 1 heterocycles. The largest absolute Gasteiger partial charge is 0.493 e. The maximum Gasteiger partial charge on any atom is 0.123 e. The molecule has 0 amide bonds. The summed E-state index contributed by atoms with van der Waals surface area (Å²) in [5.41, 5.74) is 2.38. The lowest BCUT2D eigenvalue weighted by molar-refractivity contribution is 0.322. The highest BCUT2D eigenvalue weighted by Gasteiger charge is 2.09. The van der Waals surface area contributed by atoms with Gasteiger partial charge < -0.3 is 14.6 Å². The van der Waals surface area contributed by atoms with E-state index in [1.807, 2.05) is 6.07 Å². The Hall–Kier alpha value is -2.33. The first-order valence-electron chi connectivity index (χ1n) is 9.12. The Bertz CT molecular complexity index is 847. The van der Waals surface area contributed by atoms with Crippen molar-refractivity contribution in [2.45, 2.75) is 39.3 Å². The van der Waals surface area contributed by atoms with Crippen molar-refractivity contribution in [3.63, 3.8) is 0 Å². The number of fused-ring (bicyclic) bond motifs is 1. The predicted octanol–water partition coefficient (Wildman–Crippen LogP) is 4.79. The van der Waals surface area contributed by atoms with Gasteiger partial charge in [-0.05, 0) is 62.1 Å². The van der Waals surface area contributed by atoms with Crippen LogP contribution in [0.25, 0.3) is 10.9 Å². The van der Waals surface area contributed by atoms with E-state index >= 15 is 0 Å². The number of hydrogen-bond donors (Lipinski definition) is 1. The Morgan fingerprint density at radius 2 is 1.81 bits per heavy atom. The van der Waals surface area contributed by atoms with Crippen LogP contribution in [0.15, 0.2) is 54.7 Å². The molecule has 2 aromatic carbocycles. The molecule has 1 aromatic heterocycles. The van der Waals surface area contributed by atoms with Crippen LogP contribution >= 0.6 is 0 Å². The zero-order chi connectivity index (χ0) is 18.6. The third kappa shape index (κ3) is 5.09. The second-order valence-electron chi connectivity index (χ2n) is 7.63. The zero-order valence-corrected chi connectivity index (χ0v) is 15.8. The van der Waals surface area contributed by atoms with E-state index in [-0.39, 0.29) is 11.4 Å². The minimum absolute atomic E-state index is 0.123. The number of rotatable bonds is 7. The summed E-state index contributed by atoms with van der Waals surface area (Å²) in [6.45, 7) is 8.93. The van der Waals surface area contributed by atoms with Crippen LogP contribution in [0.1, 0.15) is 26.3 Å². The Kier molecular flexibility index (Phi) is 5.62. The molecule has 0 aliphatic carbocycles. The minimum Gasteiger partial charge on any atom is -0.493 e. The number of ether oxygens (including phenoxy) is 1. The molecule has 3 rings (SSSR count). The van der Waals surface area contributed by atoms with Crippen molar-refractivity contribution in [3.05, 3.63) is 66.1 Å². The molecule has 0 spiro atoms. The highest BCUT2D eigenvalue weighted by Crippen LogP contribution is 2.22. The number of benzene rings is 2. The fourth-order valence-electron chi connectivity index (χ4n) is 2.94. The molecule has 0 radical (unpaired) electrons. The summed E-state index contributed by atoms with van der Waals surface area (Å²) in [6, 6.07) is 14.9. The fraction of sp³-hybridized carbons (Fsp3) is 0.364. The van der Waals surface area contributed by atoms with Gasteiger partial charge in [-0.3, -0.25) is 0 Å². The Labute approximate surface area is 154 Å². The summed E-state index contributed by atoms with van der Waals surface area (Å²) in [5, 5.41) is 4.73. The van der Waals surface area contributed by atoms with Gasteiger partial charge in [0.2, 0.25) is 0 Å². The SMILES string of the molecule is CC(C)(C)NCCn1ccc2ccc(OCCc3ccc(F)cc3)cc21. The van der Waals surface area contributed by atoms with E-state index in [0.29, 0.717) is 6.61 Å². The van der Waals surface area contributed by atoms with Crippen LogP contribution in [0, 0.1) is 5.82 Å². The van der Waals surface area contributed by atoms with Crippen molar-refractivity contribution in [1.29, 1.82) is 0 Å². The maximum absolute atomic E-state index is 12.9. The minimum atomic E-state index is -0.207. The van der Waals surface area contributed by atoms with Crippen LogP contribution in [0.2, 0.25) is 0 Å². The molecule has 0 fully saturated rings. The van der Waals surface area contributed by atoms with Crippen LogP contribution < -0.4 is 10.1 Å². The standard InChI is InChI=1S/C22H27FN2O/c1-22(2,3)24-12-14-25-13-10-18-6-9-20(16-21(18)25)26-15-11-17-4-7-19(23)8-5-17/h4-10,13,16,24H,11-12,14-15H2,1-3H3. The molecule has 1 N–H and O–H groups in total. The first kappa shape index (κ1) is 18.5. The van der Waals surface area contributed by atoms with Crippen LogP contribution in [0.3, 0.4) is 0 Å². The van der Waals surface area contributed by atoms with Crippen molar-refractivity contribution in [2.75, 3.05) is 13.2 Å². The van der Waals surface area contributed by atoms with Crippen molar-refractivity contribution in [3.8, 4) is 5.75 Å². The highest BCUT2D eigenvalue weighted by molar-refractivity contribution is 5.81. The summed E-state index contributed by atoms with van der Waals surface area (Å²) in [6.07, 6.45) is 2.88. The number of aromatic nitrogens is 1. The number of hydrogen-bond acceptors (Lipinski definition) is 2.